The van der Waals surface area contributed by atoms with E-state index in [0.717, 1.165) is 22.0 Å². The third-order valence-electron chi connectivity index (χ3n) is 4.06. The summed E-state index contributed by atoms with van der Waals surface area (Å²) in [6, 6.07) is 12.0. The number of rotatable bonds is 8. The maximum Gasteiger partial charge on any atom is 0.413 e. The van der Waals surface area contributed by atoms with Crippen molar-refractivity contribution in [1.82, 2.24) is 15.2 Å². The molecule has 0 bridgehead atoms. The van der Waals surface area contributed by atoms with Crippen LogP contribution in [-0.2, 0) is 11.3 Å². The van der Waals surface area contributed by atoms with Gasteiger partial charge in [-0.1, -0.05) is 34.7 Å². The van der Waals surface area contributed by atoms with Crippen molar-refractivity contribution in [2.75, 3.05) is 18.2 Å². The zero-order chi connectivity index (χ0) is 22.5. The van der Waals surface area contributed by atoms with Crippen molar-refractivity contribution in [3.8, 4) is 5.75 Å². The van der Waals surface area contributed by atoms with E-state index in [1.54, 1.807) is 42.5 Å². The average Bonchev–Trinajstić information content (AvgIpc) is 3.42. The zero-order valence-electron chi connectivity index (χ0n) is 16.5. The molecule has 4 rings (SSSR count). The quantitative estimate of drug-likeness (QED) is 0.267. The van der Waals surface area contributed by atoms with E-state index >= 15 is 0 Å². The van der Waals surface area contributed by atoms with Gasteiger partial charge in [-0.25, -0.2) is 9.78 Å². The number of nitrogens with one attached hydrogen (secondary N) is 1. The van der Waals surface area contributed by atoms with Gasteiger partial charge in [-0.2, -0.15) is 0 Å². The molecule has 0 fully saturated rings. The first-order valence-electron chi connectivity index (χ1n) is 9.12. The highest BCUT2D eigenvalue weighted by Crippen LogP contribution is 2.29. The number of Topliss-reactive ketones (excluding diaryl/α,β-unsaturated/α-hetero) is 1. The van der Waals surface area contributed by atoms with Crippen LogP contribution in [-0.4, -0.2) is 39.9 Å². The van der Waals surface area contributed by atoms with Crippen molar-refractivity contribution in [2.45, 2.75) is 11.8 Å². The first kappa shape index (κ1) is 22.1. The lowest BCUT2D eigenvalue weighted by atomic mass is 10.1. The SMILES string of the molecule is COC(=O)Nc1nc2ccc(OCc3nnc(SCC(=O)c4ccc(Cl)cc4)o3)cc2s1. The predicted octanol–water partition coefficient (Wildman–Crippen LogP) is 5.07. The van der Waals surface area contributed by atoms with Gasteiger partial charge in [0.15, 0.2) is 17.5 Å². The lowest BCUT2D eigenvalue weighted by Crippen LogP contribution is -2.10. The first-order valence-corrected chi connectivity index (χ1v) is 11.3. The van der Waals surface area contributed by atoms with Gasteiger partial charge in [0.05, 0.1) is 23.1 Å². The van der Waals surface area contributed by atoms with E-state index in [2.05, 4.69) is 25.2 Å². The fraction of sp³-hybridized carbons (Fsp3) is 0.150. The second kappa shape index (κ2) is 9.98. The lowest BCUT2D eigenvalue weighted by Gasteiger charge is -2.02. The molecule has 0 atom stereocenters. The second-order valence-electron chi connectivity index (χ2n) is 6.23. The van der Waals surface area contributed by atoms with Crippen molar-refractivity contribution in [1.29, 1.82) is 0 Å². The summed E-state index contributed by atoms with van der Waals surface area (Å²) in [6.07, 6.45) is -0.583. The van der Waals surface area contributed by atoms with Gasteiger partial charge < -0.3 is 13.9 Å². The van der Waals surface area contributed by atoms with Crippen molar-refractivity contribution < 1.29 is 23.5 Å². The van der Waals surface area contributed by atoms with Crippen LogP contribution in [0, 0.1) is 0 Å². The summed E-state index contributed by atoms with van der Waals surface area (Å²) in [7, 11) is 1.29. The molecular formula is C20H15ClN4O5S2. The molecule has 4 aromatic rings. The molecule has 0 spiro atoms. The Morgan fingerprint density at radius 3 is 2.78 bits per heavy atom. The van der Waals surface area contributed by atoms with E-state index in [1.165, 1.54) is 18.4 Å². The molecule has 0 saturated heterocycles. The first-order chi connectivity index (χ1) is 15.5. The number of benzene rings is 2. The van der Waals surface area contributed by atoms with Crippen molar-refractivity contribution in [3.05, 3.63) is 58.9 Å². The number of amides is 1. The average molecular weight is 491 g/mol. The fourth-order valence-corrected chi connectivity index (χ4v) is 4.21. The van der Waals surface area contributed by atoms with Crippen LogP contribution in [0.15, 0.2) is 52.1 Å². The van der Waals surface area contributed by atoms with Gasteiger partial charge in [0.1, 0.15) is 5.75 Å². The maximum atomic E-state index is 12.2. The molecule has 32 heavy (non-hydrogen) atoms. The second-order valence-corrected chi connectivity index (χ2v) is 8.63. The molecule has 2 heterocycles. The van der Waals surface area contributed by atoms with Gasteiger partial charge in [0.25, 0.3) is 11.1 Å². The number of carbonyl (C=O) groups is 2. The number of aromatic nitrogens is 3. The highest BCUT2D eigenvalue weighted by Gasteiger charge is 2.13. The van der Waals surface area contributed by atoms with Crippen LogP contribution in [0.2, 0.25) is 5.02 Å². The van der Waals surface area contributed by atoms with E-state index in [1.807, 2.05) is 0 Å². The largest absolute Gasteiger partial charge is 0.484 e. The number of thioether (sulfide) groups is 1. The summed E-state index contributed by atoms with van der Waals surface area (Å²) in [5, 5.41) is 11.7. The van der Waals surface area contributed by atoms with Gasteiger partial charge in [-0.3, -0.25) is 10.1 Å². The van der Waals surface area contributed by atoms with Crippen molar-refractivity contribution in [2.24, 2.45) is 0 Å². The van der Waals surface area contributed by atoms with E-state index < -0.39 is 6.09 Å². The summed E-state index contributed by atoms with van der Waals surface area (Å²) in [5.41, 5.74) is 1.28. The van der Waals surface area contributed by atoms with Gasteiger partial charge in [0, 0.05) is 10.6 Å². The number of ether oxygens (including phenoxy) is 2. The lowest BCUT2D eigenvalue weighted by molar-refractivity contribution is 0.102. The van der Waals surface area contributed by atoms with Crippen LogP contribution >= 0.6 is 34.7 Å². The summed E-state index contributed by atoms with van der Waals surface area (Å²) in [6.45, 7) is 0.0657. The molecule has 9 nitrogen and oxygen atoms in total. The number of fused-ring (bicyclic) bond motifs is 1. The van der Waals surface area contributed by atoms with Gasteiger partial charge in [-0.15, -0.1) is 10.2 Å². The highest BCUT2D eigenvalue weighted by molar-refractivity contribution is 7.99. The minimum atomic E-state index is -0.583. The molecule has 0 saturated carbocycles. The monoisotopic (exact) mass is 490 g/mol. The minimum absolute atomic E-state index is 0.0657. The van der Waals surface area contributed by atoms with Gasteiger partial charge in [-0.05, 0) is 42.5 Å². The van der Waals surface area contributed by atoms with Crippen molar-refractivity contribution in [3.63, 3.8) is 0 Å². The van der Waals surface area contributed by atoms with E-state index in [4.69, 9.17) is 20.8 Å². The van der Waals surface area contributed by atoms with Crippen LogP contribution < -0.4 is 10.1 Å². The van der Waals surface area contributed by atoms with Crippen LogP contribution in [0.5, 0.6) is 5.75 Å². The smallest absolute Gasteiger partial charge is 0.413 e. The van der Waals surface area contributed by atoms with Crippen LogP contribution in [0.3, 0.4) is 0 Å². The van der Waals surface area contributed by atoms with E-state index in [0.29, 0.717) is 21.5 Å². The Morgan fingerprint density at radius 1 is 1.19 bits per heavy atom. The number of methoxy groups -OCH3 is 1. The molecule has 0 aliphatic heterocycles. The molecular weight excluding hydrogens is 476 g/mol. The van der Waals surface area contributed by atoms with Crippen LogP contribution in [0.1, 0.15) is 16.2 Å². The number of halogens is 1. The Labute approximate surface area is 195 Å². The van der Waals surface area contributed by atoms with Crippen molar-refractivity contribution >= 4 is 61.9 Å². The van der Waals surface area contributed by atoms with Gasteiger partial charge in [0.2, 0.25) is 0 Å². The molecule has 164 valence electrons. The molecule has 1 amide bonds. The summed E-state index contributed by atoms with van der Waals surface area (Å²) >= 11 is 8.28. The topological polar surface area (TPSA) is 116 Å². The summed E-state index contributed by atoms with van der Waals surface area (Å²) in [4.78, 5) is 27.8. The number of hydrogen-bond acceptors (Lipinski definition) is 10. The number of ketones is 1. The fourth-order valence-electron chi connectivity index (χ4n) is 2.53. The molecule has 0 unspecified atom stereocenters. The Bertz CT molecular complexity index is 1260. The third kappa shape index (κ3) is 5.55. The van der Waals surface area contributed by atoms with E-state index in [9.17, 15) is 9.59 Å². The Hall–Kier alpha value is -3.15. The predicted molar refractivity (Wildman–Crippen MR) is 121 cm³/mol. The number of carbonyl (C=O) groups excluding carboxylic acids is 2. The number of nitrogens with zero attached hydrogens (tertiary/aromatic N) is 3. The van der Waals surface area contributed by atoms with Gasteiger partial charge >= 0.3 is 6.09 Å². The number of anilines is 1. The minimum Gasteiger partial charge on any atom is -0.484 e. The number of hydrogen-bond donors (Lipinski definition) is 1. The maximum absolute atomic E-state index is 12.2. The Balaban J connectivity index is 1.31. The van der Waals surface area contributed by atoms with Crippen LogP contribution in [0.4, 0.5) is 9.93 Å². The normalized spacial score (nSPS) is 10.8. The Morgan fingerprint density at radius 2 is 2.00 bits per heavy atom. The molecule has 1 N–H and O–H groups in total. The highest BCUT2D eigenvalue weighted by atomic mass is 35.5. The Kier molecular flexibility index (Phi) is 6.88. The molecule has 2 aromatic heterocycles. The summed E-state index contributed by atoms with van der Waals surface area (Å²) in [5.74, 6) is 0.954. The molecule has 0 aliphatic rings. The molecule has 12 heteroatoms. The standard InChI is InChI=1S/C20H15ClN4O5S2/c1-28-19(27)23-18-22-14-7-6-13(8-16(14)32-18)29-9-17-24-25-20(30-17)31-10-15(26)11-2-4-12(21)5-3-11/h2-8H,9-10H2,1H3,(H,22,23,27). The zero-order valence-corrected chi connectivity index (χ0v) is 18.9. The molecule has 0 radical (unpaired) electrons. The molecule has 0 aliphatic carbocycles. The third-order valence-corrected chi connectivity index (χ3v) is 6.06. The molecule has 2 aromatic carbocycles. The van der Waals surface area contributed by atoms with Crippen LogP contribution in [0.25, 0.3) is 10.2 Å². The summed E-state index contributed by atoms with van der Waals surface area (Å²) < 4.78 is 16.6. The van der Waals surface area contributed by atoms with E-state index in [-0.39, 0.29) is 29.3 Å². The number of thiazole rings is 1.